The van der Waals surface area contributed by atoms with E-state index in [1.54, 1.807) is 6.08 Å². The van der Waals surface area contributed by atoms with Crippen molar-refractivity contribution in [1.82, 2.24) is 0 Å². The predicted molar refractivity (Wildman–Crippen MR) is 46.0 cm³/mol. The summed E-state index contributed by atoms with van der Waals surface area (Å²) in [5.41, 5.74) is 0. The van der Waals surface area contributed by atoms with E-state index in [1.165, 1.54) is 0 Å². The van der Waals surface area contributed by atoms with Crippen LogP contribution in [0.1, 0.15) is 19.3 Å². The number of ether oxygens (including phenoxy) is 1. The smallest absolute Gasteiger partial charge is 0.461 e. The monoisotopic (exact) mass is 246 g/mol. The molecule has 0 atom stereocenters. The lowest BCUT2D eigenvalue weighted by Crippen LogP contribution is -2.45. The van der Waals surface area contributed by atoms with Crippen LogP contribution < -0.4 is 0 Å². The summed E-state index contributed by atoms with van der Waals surface area (Å²) in [6.45, 7) is 2.93. The minimum absolute atomic E-state index is 0.214. The zero-order valence-corrected chi connectivity index (χ0v) is 8.32. The number of alkyl halides is 5. The highest BCUT2D eigenvalue weighted by Gasteiger charge is 2.64. The molecule has 0 aliphatic carbocycles. The third kappa shape index (κ3) is 4.16. The number of allylic oxidation sites excluding steroid dienone is 1. The molecule has 0 aliphatic heterocycles. The SMILES string of the molecule is C=CCCCCOC(=O)C(F)(F)C(F)(F)F. The molecular formula is C9H11F5O2. The van der Waals surface area contributed by atoms with Gasteiger partial charge >= 0.3 is 18.1 Å². The number of unbranched alkanes of at least 4 members (excludes halogenated alkanes) is 2. The van der Waals surface area contributed by atoms with E-state index in [9.17, 15) is 26.7 Å². The van der Waals surface area contributed by atoms with Gasteiger partial charge in [0.15, 0.2) is 0 Å². The predicted octanol–water partition coefficient (Wildman–Crippen LogP) is 3.08. The Kier molecular flexibility index (Phi) is 5.40. The molecule has 2 nitrogen and oxygen atoms in total. The van der Waals surface area contributed by atoms with Gasteiger partial charge in [-0.05, 0) is 19.3 Å². The lowest BCUT2D eigenvalue weighted by atomic mass is 10.2. The lowest BCUT2D eigenvalue weighted by molar-refractivity contribution is -0.280. The fourth-order valence-electron chi connectivity index (χ4n) is 0.762. The molecule has 0 aromatic heterocycles. The normalized spacial score (nSPS) is 12.3. The first-order valence-corrected chi connectivity index (χ1v) is 4.46. The van der Waals surface area contributed by atoms with Crippen molar-refractivity contribution in [3.8, 4) is 0 Å². The Morgan fingerprint density at radius 1 is 1.19 bits per heavy atom. The molecule has 0 rings (SSSR count). The van der Waals surface area contributed by atoms with Crippen LogP contribution in [0, 0.1) is 0 Å². The maximum atomic E-state index is 12.3. The third-order valence-electron chi connectivity index (χ3n) is 1.65. The molecule has 0 unspecified atom stereocenters. The molecule has 7 heteroatoms. The van der Waals surface area contributed by atoms with Gasteiger partial charge in [-0.1, -0.05) is 6.08 Å². The topological polar surface area (TPSA) is 26.3 Å². The van der Waals surface area contributed by atoms with E-state index in [1.807, 2.05) is 0 Å². The average molecular weight is 246 g/mol. The Hall–Kier alpha value is -1.14. The van der Waals surface area contributed by atoms with Crippen molar-refractivity contribution < 1.29 is 31.5 Å². The molecule has 0 amide bonds. The highest BCUT2D eigenvalue weighted by molar-refractivity contribution is 5.78. The highest BCUT2D eigenvalue weighted by atomic mass is 19.4. The summed E-state index contributed by atoms with van der Waals surface area (Å²) >= 11 is 0. The second-order valence-corrected chi connectivity index (χ2v) is 2.99. The Morgan fingerprint density at radius 2 is 1.75 bits per heavy atom. The number of carbonyl (C=O) groups excluding carboxylic acids is 1. The molecule has 0 aromatic rings. The second kappa shape index (κ2) is 5.81. The molecule has 94 valence electrons. The molecule has 0 N–H and O–H groups in total. The molecule has 0 fully saturated rings. The van der Waals surface area contributed by atoms with Crippen molar-refractivity contribution in [2.75, 3.05) is 6.61 Å². The zero-order chi connectivity index (χ0) is 12.8. The van der Waals surface area contributed by atoms with Crippen LogP contribution >= 0.6 is 0 Å². The first-order valence-electron chi connectivity index (χ1n) is 4.46. The van der Waals surface area contributed by atoms with Gasteiger partial charge < -0.3 is 4.74 Å². The first-order chi connectivity index (χ1) is 7.23. The van der Waals surface area contributed by atoms with Crippen LogP contribution in [0.3, 0.4) is 0 Å². The molecule has 0 heterocycles. The van der Waals surface area contributed by atoms with Crippen molar-refractivity contribution in [3.05, 3.63) is 12.7 Å². The zero-order valence-electron chi connectivity index (χ0n) is 8.32. The number of carbonyl (C=O) groups is 1. The van der Waals surface area contributed by atoms with Crippen LogP contribution in [0.4, 0.5) is 22.0 Å². The molecule has 0 bridgehead atoms. The minimum Gasteiger partial charge on any atom is -0.461 e. The quantitative estimate of drug-likeness (QED) is 0.311. The van der Waals surface area contributed by atoms with E-state index < -0.39 is 24.7 Å². The standard InChI is InChI=1S/C9H11F5O2/c1-2-3-4-5-6-16-7(15)8(10,11)9(12,13)14/h2H,1,3-6H2. The van der Waals surface area contributed by atoms with Crippen molar-refractivity contribution in [2.45, 2.75) is 31.4 Å². The largest absolute Gasteiger partial charge is 0.465 e. The molecule has 0 aliphatic rings. The van der Waals surface area contributed by atoms with Crippen LogP contribution in [-0.2, 0) is 9.53 Å². The summed E-state index contributed by atoms with van der Waals surface area (Å²) < 4.78 is 63.4. The van der Waals surface area contributed by atoms with Gasteiger partial charge in [0.2, 0.25) is 0 Å². The average Bonchev–Trinajstić information content (AvgIpc) is 2.15. The number of halogens is 5. The van der Waals surface area contributed by atoms with Gasteiger partial charge in [-0.3, -0.25) is 0 Å². The number of rotatable bonds is 6. The molecular weight excluding hydrogens is 235 g/mol. The van der Waals surface area contributed by atoms with E-state index >= 15 is 0 Å². The fourth-order valence-corrected chi connectivity index (χ4v) is 0.762. The van der Waals surface area contributed by atoms with Gasteiger partial charge in [0.05, 0.1) is 6.61 Å². The maximum absolute atomic E-state index is 12.3. The summed E-state index contributed by atoms with van der Waals surface area (Å²) in [6.07, 6.45) is -3.05. The van der Waals surface area contributed by atoms with Crippen LogP contribution in [0.2, 0.25) is 0 Å². The van der Waals surface area contributed by atoms with E-state index in [-0.39, 0.29) is 6.42 Å². The van der Waals surface area contributed by atoms with E-state index in [2.05, 4.69) is 11.3 Å². The van der Waals surface area contributed by atoms with Crippen LogP contribution in [0.15, 0.2) is 12.7 Å². The Morgan fingerprint density at radius 3 is 2.19 bits per heavy atom. The van der Waals surface area contributed by atoms with E-state index in [0.717, 1.165) is 0 Å². The second-order valence-electron chi connectivity index (χ2n) is 2.99. The van der Waals surface area contributed by atoms with Gasteiger partial charge in [-0.25, -0.2) is 4.79 Å². The molecule has 0 aromatic carbocycles. The van der Waals surface area contributed by atoms with Gasteiger partial charge in [-0.2, -0.15) is 22.0 Å². The third-order valence-corrected chi connectivity index (χ3v) is 1.65. The number of esters is 1. The molecule has 0 spiro atoms. The Balaban J connectivity index is 4.02. The van der Waals surface area contributed by atoms with E-state index in [4.69, 9.17) is 0 Å². The molecule has 0 saturated heterocycles. The Labute approximate surface area is 89.1 Å². The first kappa shape index (κ1) is 14.9. The van der Waals surface area contributed by atoms with Gasteiger partial charge in [0, 0.05) is 0 Å². The van der Waals surface area contributed by atoms with E-state index in [0.29, 0.717) is 12.8 Å². The summed E-state index contributed by atoms with van der Waals surface area (Å²) in [5, 5.41) is 0. The maximum Gasteiger partial charge on any atom is 0.465 e. The van der Waals surface area contributed by atoms with Gasteiger partial charge in [0.25, 0.3) is 0 Å². The highest BCUT2D eigenvalue weighted by Crippen LogP contribution is 2.36. The summed E-state index contributed by atoms with van der Waals surface area (Å²) in [4.78, 5) is 10.4. The minimum atomic E-state index is -5.91. The van der Waals surface area contributed by atoms with Gasteiger partial charge in [0.1, 0.15) is 0 Å². The van der Waals surface area contributed by atoms with Crippen LogP contribution in [0.25, 0.3) is 0 Å². The molecule has 0 radical (unpaired) electrons. The number of hydrogen-bond acceptors (Lipinski definition) is 2. The van der Waals surface area contributed by atoms with Crippen LogP contribution in [0.5, 0.6) is 0 Å². The van der Waals surface area contributed by atoms with Crippen LogP contribution in [-0.4, -0.2) is 24.7 Å². The van der Waals surface area contributed by atoms with Gasteiger partial charge in [-0.15, -0.1) is 6.58 Å². The summed E-state index contributed by atoms with van der Waals surface area (Å²) in [6, 6.07) is 0. The summed E-state index contributed by atoms with van der Waals surface area (Å²) in [5.74, 6) is -8.00. The van der Waals surface area contributed by atoms with Crippen molar-refractivity contribution >= 4 is 5.97 Å². The van der Waals surface area contributed by atoms with Crippen molar-refractivity contribution in [2.24, 2.45) is 0 Å². The summed E-state index contributed by atoms with van der Waals surface area (Å²) in [7, 11) is 0. The van der Waals surface area contributed by atoms with Crippen molar-refractivity contribution in [1.29, 1.82) is 0 Å². The fraction of sp³-hybridized carbons (Fsp3) is 0.667. The Bertz CT molecular complexity index is 247. The lowest BCUT2D eigenvalue weighted by Gasteiger charge is -2.17. The molecule has 16 heavy (non-hydrogen) atoms. The van der Waals surface area contributed by atoms with Crippen molar-refractivity contribution in [3.63, 3.8) is 0 Å². The number of hydrogen-bond donors (Lipinski definition) is 0. The molecule has 0 saturated carbocycles.